The van der Waals surface area contributed by atoms with E-state index in [9.17, 15) is 0 Å². The first-order valence-corrected chi connectivity index (χ1v) is 3.16. The normalized spacial score (nSPS) is 9.73. The van der Waals surface area contributed by atoms with Gasteiger partial charge in [-0.2, -0.15) is 0 Å². The van der Waals surface area contributed by atoms with E-state index in [1.807, 2.05) is 0 Å². The summed E-state index contributed by atoms with van der Waals surface area (Å²) < 4.78 is 0. The van der Waals surface area contributed by atoms with E-state index in [-0.39, 0.29) is 12.2 Å². The molecule has 1 rings (SSSR count). The first-order chi connectivity index (χ1) is 5.24. The predicted octanol–water partition coefficient (Wildman–Crippen LogP) is -1.75. The van der Waals surface area contributed by atoms with Gasteiger partial charge in [0.1, 0.15) is 0 Å². The second kappa shape index (κ2) is 3.48. The van der Waals surface area contributed by atoms with E-state index in [1.54, 1.807) is 6.07 Å². The van der Waals surface area contributed by atoms with Gasteiger partial charge in [0.05, 0.1) is 12.2 Å². The Bertz CT molecular complexity index is 224. The van der Waals surface area contributed by atoms with Gasteiger partial charge in [0, 0.05) is 6.20 Å². The van der Waals surface area contributed by atoms with Crippen LogP contribution in [0.25, 0.3) is 0 Å². The van der Waals surface area contributed by atoms with E-state index >= 15 is 0 Å². The van der Waals surface area contributed by atoms with Crippen molar-refractivity contribution < 1.29 is 15.2 Å². The van der Waals surface area contributed by atoms with Crippen LogP contribution in [0.3, 0.4) is 0 Å². The molecule has 0 bridgehead atoms. The molecule has 4 nitrogen and oxygen atoms in total. The Morgan fingerprint density at radius 2 is 2.09 bits per heavy atom. The third-order valence-corrected chi connectivity index (χ3v) is 1.29. The molecule has 0 aliphatic rings. The molecule has 1 heterocycles. The van der Waals surface area contributed by atoms with Crippen molar-refractivity contribution in [1.29, 1.82) is 0 Å². The van der Waals surface area contributed by atoms with Crippen LogP contribution in [0.2, 0.25) is 0 Å². The Kier molecular flexibility index (Phi) is 2.59. The number of aliphatic hydroxyl groups is 1. The maximum atomic E-state index is 8.62. The zero-order valence-electron chi connectivity index (χ0n) is 5.81. The highest BCUT2D eigenvalue weighted by Crippen LogP contribution is 1.92. The number of pyridine rings is 1. The van der Waals surface area contributed by atoms with Gasteiger partial charge in [0.15, 0.2) is 0 Å². The molecule has 0 amide bonds. The van der Waals surface area contributed by atoms with E-state index in [0.29, 0.717) is 5.56 Å². The lowest BCUT2D eigenvalue weighted by atomic mass is 9.85. The average molecular weight is 153 g/mol. The van der Waals surface area contributed by atoms with Crippen LogP contribution in [0.4, 0.5) is 0 Å². The largest absolute Gasteiger partial charge is 0.508 e. The van der Waals surface area contributed by atoms with E-state index in [2.05, 4.69) is 4.98 Å². The SMILES string of the molecule is OCc1ccc(B(O)O)nc1. The van der Waals surface area contributed by atoms with Crippen molar-refractivity contribution in [3.63, 3.8) is 0 Å². The molecule has 0 unspecified atom stereocenters. The standard InChI is InChI=1S/C6H8BNO3/c9-4-5-1-2-6(7(10)11)8-3-5/h1-3,9-11H,4H2. The van der Waals surface area contributed by atoms with Gasteiger partial charge in [-0.15, -0.1) is 0 Å². The second-order valence-electron chi connectivity index (χ2n) is 2.12. The number of rotatable bonds is 2. The molecule has 5 heteroatoms. The van der Waals surface area contributed by atoms with Crippen LogP contribution in [-0.4, -0.2) is 27.3 Å². The molecule has 3 N–H and O–H groups in total. The molecule has 0 aliphatic carbocycles. The van der Waals surface area contributed by atoms with Gasteiger partial charge >= 0.3 is 7.12 Å². The van der Waals surface area contributed by atoms with Crippen molar-refractivity contribution in [3.05, 3.63) is 23.9 Å². The number of nitrogens with zero attached hydrogens (tertiary/aromatic N) is 1. The highest BCUT2D eigenvalue weighted by Gasteiger charge is 2.11. The summed E-state index contributed by atoms with van der Waals surface area (Å²) in [7, 11) is -1.54. The molecule has 0 fully saturated rings. The Morgan fingerprint density at radius 3 is 2.45 bits per heavy atom. The third-order valence-electron chi connectivity index (χ3n) is 1.29. The first kappa shape index (κ1) is 8.19. The minimum Gasteiger partial charge on any atom is -0.422 e. The van der Waals surface area contributed by atoms with E-state index in [4.69, 9.17) is 15.2 Å². The summed E-state index contributed by atoms with van der Waals surface area (Å²) in [5.74, 6) is 0. The van der Waals surface area contributed by atoms with Crippen LogP contribution in [-0.2, 0) is 6.61 Å². The summed E-state index contributed by atoms with van der Waals surface area (Å²) in [5, 5.41) is 25.8. The fraction of sp³-hybridized carbons (Fsp3) is 0.167. The van der Waals surface area contributed by atoms with E-state index in [1.165, 1.54) is 12.3 Å². The first-order valence-electron chi connectivity index (χ1n) is 3.16. The van der Waals surface area contributed by atoms with Crippen molar-refractivity contribution in [3.8, 4) is 0 Å². The monoisotopic (exact) mass is 153 g/mol. The van der Waals surface area contributed by atoms with Crippen LogP contribution in [0.1, 0.15) is 5.56 Å². The highest BCUT2D eigenvalue weighted by molar-refractivity contribution is 6.57. The minimum atomic E-state index is -1.54. The smallest absolute Gasteiger partial charge is 0.422 e. The highest BCUT2D eigenvalue weighted by atomic mass is 16.4. The van der Waals surface area contributed by atoms with Gasteiger partial charge in [-0.1, -0.05) is 6.07 Å². The summed E-state index contributed by atoms with van der Waals surface area (Å²) in [6.45, 7) is -0.0885. The van der Waals surface area contributed by atoms with Gasteiger partial charge in [-0.25, -0.2) is 0 Å². The molecule has 1 aromatic heterocycles. The Balaban J connectivity index is 2.83. The van der Waals surface area contributed by atoms with Crippen LogP contribution in [0.15, 0.2) is 18.3 Å². The van der Waals surface area contributed by atoms with Crippen molar-refractivity contribution in [2.75, 3.05) is 0 Å². The molecular weight excluding hydrogens is 145 g/mol. The molecule has 0 aliphatic heterocycles. The maximum absolute atomic E-state index is 8.62. The van der Waals surface area contributed by atoms with Crippen molar-refractivity contribution in [2.24, 2.45) is 0 Å². The van der Waals surface area contributed by atoms with Crippen molar-refractivity contribution in [1.82, 2.24) is 4.98 Å². The summed E-state index contributed by atoms with van der Waals surface area (Å²) in [6.07, 6.45) is 1.40. The van der Waals surface area contributed by atoms with Crippen LogP contribution < -0.4 is 5.59 Å². The minimum absolute atomic E-state index is 0.0885. The molecule has 11 heavy (non-hydrogen) atoms. The van der Waals surface area contributed by atoms with Crippen molar-refractivity contribution in [2.45, 2.75) is 6.61 Å². The summed E-state index contributed by atoms with van der Waals surface area (Å²) in [6, 6.07) is 3.04. The van der Waals surface area contributed by atoms with E-state index < -0.39 is 7.12 Å². The second-order valence-corrected chi connectivity index (χ2v) is 2.12. The lowest BCUT2D eigenvalue weighted by molar-refractivity contribution is 0.281. The molecule has 58 valence electrons. The maximum Gasteiger partial charge on any atom is 0.508 e. The lowest BCUT2D eigenvalue weighted by Gasteiger charge is -1.98. The molecule has 1 aromatic rings. The number of aromatic nitrogens is 1. The number of hydrogen-bond acceptors (Lipinski definition) is 4. The zero-order valence-corrected chi connectivity index (χ0v) is 5.81. The van der Waals surface area contributed by atoms with Gasteiger partial charge in [0.25, 0.3) is 0 Å². The Hall–Kier alpha value is -0.905. The van der Waals surface area contributed by atoms with Crippen LogP contribution >= 0.6 is 0 Å². The summed E-state index contributed by atoms with van der Waals surface area (Å²) in [5.41, 5.74) is 0.830. The van der Waals surface area contributed by atoms with Crippen LogP contribution in [0, 0.1) is 0 Å². The molecule has 0 saturated carbocycles. The molecule has 0 aromatic carbocycles. The Morgan fingerprint density at radius 1 is 1.36 bits per heavy atom. The van der Waals surface area contributed by atoms with E-state index in [0.717, 1.165) is 0 Å². The lowest BCUT2D eigenvalue weighted by Crippen LogP contribution is -2.32. The molecule has 0 radical (unpaired) electrons. The Labute approximate surface area is 64.3 Å². The number of aliphatic hydroxyl groups excluding tert-OH is 1. The topological polar surface area (TPSA) is 73.6 Å². The molecule has 0 saturated heterocycles. The summed E-state index contributed by atoms with van der Waals surface area (Å²) >= 11 is 0. The number of hydrogen-bond donors (Lipinski definition) is 3. The average Bonchev–Trinajstić information content (AvgIpc) is 2.05. The van der Waals surface area contributed by atoms with Crippen LogP contribution in [0.5, 0.6) is 0 Å². The van der Waals surface area contributed by atoms with Gasteiger partial charge < -0.3 is 15.2 Å². The zero-order chi connectivity index (χ0) is 8.27. The molecular formula is C6H8BNO3. The molecule has 0 atom stereocenters. The fourth-order valence-electron chi connectivity index (χ4n) is 0.682. The predicted molar refractivity (Wildman–Crippen MR) is 40.0 cm³/mol. The molecule has 0 spiro atoms. The fourth-order valence-corrected chi connectivity index (χ4v) is 0.682. The third kappa shape index (κ3) is 2.01. The van der Waals surface area contributed by atoms with Gasteiger partial charge in [-0.05, 0) is 11.6 Å². The van der Waals surface area contributed by atoms with Crippen molar-refractivity contribution >= 4 is 12.7 Å². The van der Waals surface area contributed by atoms with Gasteiger partial charge in [0.2, 0.25) is 0 Å². The summed E-state index contributed by atoms with van der Waals surface area (Å²) in [4.78, 5) is 3.69. The van der Waals surface area contributed by atoms with Gasteiger partial charge in [-0.3, -0.25) is 4.98 Å². The quantitative estimate of drug-likeness (QED) is 0.440.